The van der Waals surface area contributed by atoms with Gasteiger partial charge in [0, 0.05) is 25.3 Å². The maximum absolute atomic E-state index is 11.7. The topological polar surface area (TPSA) is 42.2 Å². The Bertz CT molecular complexity index is 523. The fraction of sp³-hybridized carbons (Fsp3) is 0.267. The first-order valence-electron chi connectivity index (χ1n) is 6.21. The van der Waals surface area contributed by atoms with Crippen LogP contribution >= 0.6 is 11.6 Å². The number of furan rings is 1. The van der Waals surface area contributed by atoms with Gasteiger partial charge in [0.1, 0.15) is 5.76 Å². The molecule has 0 radical (unpaired) electrons. The van der Waals surface area contributed by atoms with Gasteiger partial charge >= 0.3 is 0 Å². The summed E-state index contributed by atoms with van der Waals surface area (Å²) in [5, 5.41) is 2.89. The summed E-state index contributed by atoms with van der Waals surface area (Å²) in [6, 6.07) is 11.6. The van der Waals surface area contributed by atoms with Crippen LogP contribution in [0.5, 0.6) is 0 Å². The molecule has 4 heteroatoms. The number of halogens is 1. The number of alkyl halides is 1. The summed E-state index contributed by atoms with van der Waals surface area (Å²) in [6.45, 7) is 0.529. The first-order chi connectivity index (χ1) is 9.28. The molecule has 0 atom stereocenters. The Kier molecular flexibility index (Phi) is 5.04. The summed E-state index contributed by atoms with van der Waals surface area (Å²) in [6.07, 6.45) is 2.67. The van der Waals surface area contributed by atoms with Gasteiger partial charge in [-0.1, -0.05) is 24.3 Å². The van der Waals surface area contributed by atoms with E-state index < -0.39 is 0 Å². The van der Waals surface area contributed by atoms with E-state index in [-0.39, 0.29) is 5.91 Å². The van der Waals surface area contributed by atoms with Gasteiger partial charge in [-0.2, -0.15) is 0 Å². The van der Waals surface area contributed by atoms with E-state index in [1.165, 1.54) is 0 Å². The third-order valence-corrected chi connectivity index (χ3v) is 3.12. The molecular weight excluding hydrogens is 262 g/mol. The van der Waals surface area contributed by atoms with Crippen LogP contribution in [0.1, 0.15) is 23.3 Å². The monoisotopic (exact) mass is 277 g/mol. The molecule has 0 bridgehead atoms. The molecule has 0 fully saturated rings. The van der Waals surface area contributed by atoms with Crippen molar-refractivity contribution in [3.8, 4) is 0 Å². The van der Waals surface area contributed by atoms with E-state index in [2.05, 4.69) is 5.32 Å². The Labute approximate surface area is 117 Å². The molecular formula is C15H16ClNO2. The van der Waals surface area contributed by atoms with Crippen LogP contribution in [0.25, 0.3) is 0 Å². The van der Waals surface area contributed by atoms with Crippen molar-refractivity contribution in [3.05, 3.63) is 59.5 Å². The molecule has 0 aliphatic carbocycles. The number of aryl methyl sites for hydroxylation is 1. The predicted octanol–water partition coefficient (Wildman–Crippen LogP) is 3.27. The number of hydrogen-bond acceptors (Lipinski definition) is 2. The lowest BCUT2D eigenvalue weighted by atomic mass is 10.1. The summed E-state index contributed by atoms with van der Waals surface area (Å²) < 4.78 is 5.18. The van der Waals surface area contributed by atoms with Crippen LogP contribution in [0, 0.1) is 0 Å². The minimum atomic E-state index is 0.0210. The van der Waals surface area contributed by atoms with Gasteiger partial charge in [0.2, 0.25) is 5.91 Å². The molecule has 0 aliphatic heterocycles. The van der Waals surface area contributed by atoms with Crippen LogP contribution < -0.4 is 5.32 Å². The van der Waals surface area contributed by atoms with Gasteiger partial charge in [-0.05, 0) is 23.3 Å². The average Bonchev–Trinajstić information content (AvgIpc) is 2.96. The quantitative estimate of drug-likeness (QED) is 0.824. The second kappa shape index (κ2) is 7.00. The van der Waals surface area contributed by atoms with E-state index in [9.17, 15) is 4.79 Å². The van der Waals surface area contributed by atoms with Crippen molar-refractivity contribution in [2.75, 3.05) is 0 Å². The molecule has 1 aromatic heterocycles. The van der Waals surface area contributed by atoms with Crippen LogP contribution in [0.4, 0.5) is 0 Å². The van der Waals surface area contributed by atoms with Crippen molar-refractivity contribution < 1.29 is 9.21 Å². The summed E-state index contributed by atoms with van der Waals surface area (Å²) in [5.41, 5.74) is 2.12. The van der Waals surface area contributed by atoms with Crippen LogP contribution in [-0.2, 0) is 23.6 Å². The SMILES string of the molecule is O=C(CCc1ccco1)NCc1cccc(CCl)c1. The molecule has 1 heterocycles. The van der Waals surface area contributed by atoms with Crippen molar-refractivity contribution in [1.82, 2.24) is 5.32 Å². The lowest BCUT2D eigenvalue weighted by molar-refractivity contribution is -0.121. The fourth-order valence-electron chi connectivity index (χ4n) is 1.80. The Morgan fingerprint density at radius 2 is 2.05 bits per heavy atom. The van der Waals surface area contributed by atoms with E-state index in [0.29, 0.717) is 25.3 Å². The van der Waals surface area contributed by atoms with E-state index in [0.717, 1.165) is 16.9 Å². The molecule has 1 amide bonds. The standard InChI is InChI=1S/C15H16ClNO2/c16-10-12-3-1-4-13(9-12)11-17-15(18)7-6-14-5-2-8-19-14/h1-5,8-9H,6-7,10-11H2,(H,17,18). The zero-order chi connectivity index (χ0) is 13.5. The van der Waals surface area contributed by atoms with E-state index in [1.54, 1.807) is 6.26 Å². The normalized spacial score (nSPS) is 10.4. The highest BCUT2D eigenvalue weighted by molar-refractivity contribution is 6.17. The third kappa shape index (κ3) is 4.45. The molecule has 1 aromatic carbocycles. The lowest BCUT2D eigenvalue weighted by Gasteiger charge is -2.06. The average molecular weight is 278 g/mol. The van der Waals surface area contributed by atoms with E-state index >= 15 is 0 Å². The highest BCUT2D eigenvalue weighted by atomic mass is 35.5. The van der Waals surface area contributed by atoms with E-state index in [4.69, 9.17) is 16.0 Å². The third-order valence-electron chi connectivity index (χ3n) is 2.81. The van der Waals surface area contributed by atoms with Gasteiger partial charge in [-0.15, -0.1) is 11.6 Å². The molecule has 0 saturated heterocycles. The van der Waals surface area contributed by atoms with Crippen LogP contribution in [0.15, 0.2) is 47.1 Å². The molecule has 0 spiro atoms. The molecule has 3 nitrogen and oxygen atoms in total. The van der Waals surface area contributed by atoms with Gasteiger partial charge in [0.15, 0.2) is 0 Å². The number of amides is 1. The maximum Gasteiger partial charge on any atom is 0.220 e. The first kappa shape index (κ1) is 13.7. The summed E-state index contributed by atoms with van der Waals surface area (Å²) >= 11 is 5.77. The van der Waals surface area contributed by atoms with Crippen molar-refractivity contribution in [3.63, 3.8) is 0 Å². The van der Waals surface area contributed by atoms with Gasteiger partial charge in [0.05, 0.1) is 6.26 Å². The highest BCUT2D eigenvalue weighted by Crippen LogP contribution is 2.08. The number of hydrogen-bond donors (Lipinski definition) is 1. The molecule has 0 saturated carbocycles. The Hall–Kier alpha value is -1.74. The van der Waals surface area contributed by atoms with Crippen LogP contribution in [0.2, 0.25) is 0 Å². The van der Waals surface area contributed by atoms with Crippen LogP contribution in [0.3, 0.4) is 0 Å². The molecule has 100 valence electrons. The van der Waals surface area contributed by atoms with Crippen molar-refractivity contribution >= 4 is 17.5 Å². The maximum atomic E-state index is 11.7. The van der Waals surface area contributed by atoms with Crippen molar-refractivity contribution in [2.45, 2.75) is 25.3 Å². The lowest BCUT2D eigenvalue weighted by Crippen LogP contribution is -2.22. The minimum Gasteiger partial charge on any atom is -0.469 e. The number of rotatable bonds is 6. The molecule has 1 N–H and O–H groups in total. The van der Waals surface area contributed by atoms with Gasteiger partial charge in [-0.3, -0.25) is 4.79 Å². The predicted molar refractivity (Wildman–Crippen MR) is 74.9 cm³/mol. The Balaban J connectivity index is 1.76. The molecule has 2 aromatic rings. The van der Waals surface area contributed by atoms with Crippen LogP contribution in [-0.4, -0.2) is 5.91 Å². The summed E-state index contributed by atoms with van der Waals surface area (Å²) in [5.74, 6) is 1.34. The number of nitrogens with one attached hydrogen (secondary N) is 1. The molecule has 0 aliphatic rings. The fourth-order valence-corrected chi connectivity index (χ4v) is 1.97. The van der Waals surface area contributed by atoms with E-state index in [1.807, 2.05) is 36.4 Å². The summed E-state index contributed by atoms with van der Waals surface area (Å²) in [7, 11) is 0. The zero-order valence-electron chi connectivity index (χ0n) is 10.6. The molecule has 19 heavy (non-hydrogen) atoms. The minimum absolute atomic E-state index is 0.0210. The van der Waals surface area contributed by atoms with Gasteiger partial charge in [-0.25, -0.2) is 0 Å². The Morgan fingerprint density at radius 3 is 2.79 bits per heavy atom. The first-order valence-corrected chi connectivity index (χ1v) is 6.74. The molecule has 2 rings (SSSR count). The number of carbonyl (C=O) groups is 1. The van der Waals surface area contributed by atoms with Gasteiger partial charge < -0.3 is 9.73 Å². The van der Waals surface area contributed by atoms with Crippen molar-refractivity contribution in [1.29, 1.82) is 0 Å². The largest absolute Gasteiger partial charge is 0.469 e. The van der Waals surface area contributed by atoms with Crippen molar-refractivity contribution in [2.24, 2.45) is 0 Å². The number of benzene rings is 1. The second-order valence-electron chi connectivity index (χ2n) is 4.31. The zero-order valence-corrected chi connectivity index (χ0v) is 11.3. The number of carbonyl (C=O) groups excluding carboxylic acids is 1. The Morgan fingerprint density at radius 1 is 1.21 bits per heavy atom. The highest BCUT2D eigenvalue weighted by Gasteiger charge is 2.04. The van der Waals surface area contributed by atoms with Gasteiger partial charge in [0.25, 0.3) is 0 Å². The smallest absolute Gasteiger partial charge is 0.220 e. The second-order valence-corrected chi connectivity index (χ2v) is 4.58. The summed E-state index contributed by atoms with van der Waals surface area (Å²) in [4.78, 5) is 11.7. The molecule has 0 unspecified atom stereocenters.